The maximum absolute atomic E-state index is 12.7. The van der Waals surface area contributed by atoms with Crippen LogP contribution in [0.5, 0.6) is 0 Å². The Morgan fingerprint density at radius 3 is 2.61 bits per heavy atom. The van der Waals surface area contributed by atoms with Crippen LogP contribution in [0.25, 0.3) is 0 Å². The number of nitrogens with zero attached hydrogens (tertiary/aromatic N) is 2. The molecule has 0 spiro atoms. The zero-order chi connectivity index (χ0) is 19.0. The van der Waals surface area contributed by atoms with E-state index in [-0.39, 0.29) is 29.3 Å². The third-order valence-corrected chi connectivity index (χ3v) is 6.12. The highest BCUT2D eigenvalue weighted by Crippen LogP contribution is 2.26. The highest BCUT2D eigenvalue weighted by Gasteiger charge is 2.28. The molecule has 148 valence electrons. The van der Waals surface area contributed by atoms with Gasteiger partial charge in [0.2, 0.25) is 0 Å². The van der Waals surface area contributed by atoms with Crippen LogP contribution in [0, 0.1) is 0 Å². The number of hydrogen-bond donors (Lipinski definition) is 2. The Morgan fingerprint density at radius 2 is 1.89 bits per heavy atom. The van der Waals surface area contributed by atoms with Crippen LogP contribution in [0.4, 0.5) is 5.69 Å². The summed E-state index contributed by atoms with van der Waals surface area (Å²) in [6, 6.07) is 13.9. The van der Waals surface area contributed by atoms with Crippen molar-refractivity contribution < 1.29 is 13.2 Å². The third kappa shape index (κ3) is 3.76. The van der Waals surface area contributed by atoms with Crippen LogP contribution >= 0.6 is 12.4 Å². The van der Waals surface area contributed by atoms with Crippen molar-refractivity contribution in [2.75, 3.05) is 25.0 Å². The van der Waals surface area contributed by atoms with Crippen LogP contribution in [0.2, 0.25) is 0 Å². The van der Waals surface area contributed by atoms with Crippen molar-refractivity contribution in [3.05, 3.63) is 59.7 Å². The Labute approximate surface area is 170 Å². The molecule has 2 N–H and O–H groups in total. The summed E-state index contributed by atoms with van der Waals surface area (Å²) in [4.78, 5) is 14.8. The van der Waals surface area contributed by atoms with E-state index < -0.39 is 10.0 Å². The van der Waals surface area contributed by atoms with Gasteiger partial charge in [0.25, 0.3) is 15.9 Å². The second-order valence-corrected chi connectivity index (χ2v) is 8.24. The van der Waals surface area contributed by atoms with E-state index in [1.54, 1.807) is 48.5 Å². The smallest absolute Gasteiger partial charge is 0.285 e. The van der Waals surface area contributed by atoms with Crippen molar-refractivity contribution in [2.24, 2.45) is 4.40 Å². The van der Waals surface area contributed by atoms with E-state index in [4.69, 9.17) is 0 Å². The molecular weight excluding hydrogens is 400 g/mol. The highest BCUT2D eigenvalue weighted by molar-refractivity contribution is 7.90. The molecular formula is C19H21ClN4O3S. The van der Waals surface area contributed by atoms with Gasteiger partial charge in [0.1, 0.15) is 4.90 Å². The lowest BCUT2D eigenvalue weighted by Crippen LogP contribution is -2.52. The van der Waals surface area contributed by atoms with E-state index in [2.05, 4.69) is 15.0 Å². The molecule has 2 aromatic rings. The van der Waals surface area contributed by atoms with E-state index in [1.165, 1.54) is 0 Å². The Hall–Kier alpha value is -2.42. The fourth-order valence-electron chi connectivity index (χ4n) is 3.34. The van der Waals surface area contributed by atoms with E-state index in [0.29, 0.717) is 29.2 Å². The Bertz CT molecular complexity index is 1020. The Morgan fingerprint density at radius 1 is 1.18 bits per heavy atom. The summed E-state index contributed by atoms with van der Waals surface area (Å²) in [6.07, 6.45) is 0. The predicted molar refractivity (Wildman–Crippen MR) is 111 cm³/mol. The topological polar surface area (TPSA) is 90.9 Å². The van der Waals surface area contributed by atoms with Crippen molar-refractivity contribution >= 4 is 39.9 Å². The van der Waals surface area contributed by atoms with Crippen LogP contribution in [0.3, 0.4) is 0 Å². The minimum atomic E-state index is -3.66. The van der Waals surface area contributed by atoms with Crippen LogP contribution < -0.4 is 10.6 Å². The average molecular weight is 421 g/mol. The van der Waals surface area contributed by atoms with E-state index in [0.717, 1.165) is 13.1 Å². The lowest BCUT2D eigenvalue weighted by atomic mass is 10.1. The van der Waals surface area contributed by atoms with Crippen molar-refractivity contribution in [2.45, 2.75) is 17.9 Å². The summed E-state index contributed by atoms with van der Waals surface area (Å²) in [5.74, 6) is 0.294. The first-order valence-corrected chi connectivity index (χ1v) is 10.2. The summed E-state index contributed by atoms with van der Waals surface area (Å²) >= 11 is 0. The average Bonchev–Trinajstić information content (AvgIpc) is 2.93. The molecule has 9 heteroatoms. The molecule has 0 aromatic heterocycles. The number of fused-ring (bicyclic) bond motifs is 1. The number of amides is 1. The molecule has 2 aliphatic rings. The summed E-state index contributed by atoms with van der Waals surface area (Å²) in [5, 5.41) is 6.31. The van der Waals surface area contributed by atoms with E-state index >= 15 is 0 Å². The number of sulfonamides is 1. The van der Waals surface area contributed by atoms with Crippen LogP contribution in [0.1, 0.15) is 22.8 Å². The second-order valence-electron chi connectivity index (χ2n) is 6.67. The fraction of sp³-hybridized carbons (Fsp3) is 0.263. The van der Waals surface area contributed by atoms with Crippen LogP contribution in [-0.4, -0.2) is 50.7 Å². The van der Waals surface area contributed by atoms with Crippen LogP contribution in [-0.2, 0) is 10.0 Å². The number of carbonyl (C=O) groups excluding carboxylic acids is 1. The highest BCUT2D eigenvalue weighted by atomic mass is 35.5. The van der Waals surface area contributed by atoms with Crippen molar-refractivity contribution in [3.63, 3.8) is 0 Å². The number of anilines is 1. The van der Waals surface area contributed by atoms with Crippen molar-refractivity contribution in [3.8, 4) is 0 Å². The standard InChI is InChI=1S/C19H20N4O3S.ClH/c1-13-12-20-10-11-23(13)19(24)14-6-8-15(9-7-14)21-18-16-4-2-3-5-17(16)27(25,26)22-18;/h2-9,13,20H,10-12H2,1H3,(H,21,22);1H/t13-;/m1./s1. The number of hydrogen-bond acceptors (Lipinski definition) is 5. The lowest BCUT2D eigenvalue weighted by molar-refractivity contribution is 0.0656. The van der Waals surface area contributed by atoms with Gasteiger partial charge in [0.05, 0.1) is 0 Å². The minimum Gasteiger partial charge on any atom is -0.339 e. The van der Waals surface area contributed by atoms with Gasteiger partial charge in [-0.3, -0.25) is 4.79 Å². The van der Waals surface area contributed by atoms with E-state index in [9.17, 15) is 13.2 Å². The zero-order valence-electron chi connectivity index (χ0n) is 15.3. The van der Waals surface area contributed by atoms with Crippen molar-refractivity contribution in [1.29, 1.82) is 0 Å². The molecule has 0 aliphatic carbocycles. The first-order valence-electron chi connectivity index (χ1n) is 8.79. The Kier molecular flexibility index (Phi) is 5.74. The SMILES string of the molecule is C[C@@H]1CNCCN1C(=O)c1ccc(NC2=NS(=O)(=O)c3ccccc32)cc1.Cl. The van der Waals surface area contributed by atoms with Gasteiger partial charge in [-0.1, -0.05) is 12.1 Å². The van der Waals surface area contributed by atoms with Gasteiger partial charge in [-0.2, -0.15) is 8.42 Å². The summed E-state index contributed by atoms with van der Waals surface area (Å²) < 4.78 is 28.1. The lowest BCUT2D eigenvalue weighted by Gasteiger charge is -2.34. The van der Waals surface area contributed by atoms with Gasteiger partial charge in [0.15, 0.2) is 5.84 Å². The monoisotopic (exact) mass is 420 g/mol. The molecule has 1 amide bonds. The minimum absolute atomic E-state index is 0. The molecule has 0 unspecified atom stereocenters. The number of piperazine rings is 1. The molecule has 0 bridgehead atoms. The number of benzene rings is 2. The maximum atomic E-state index is 12.7. The summed E-state index contributed by atoms with van der Waals surface area (Å²) in [5.41, 5.74) is 1.83. The number of rotatable bonds is 2. The molecule has 1 saturated heterocycles. The second kappa shape index (κ2) is 7.90. The number of amidine groups is 1. The van der Waals surface area contributed by atoms with E-state index in [1.807, 2.05) is 11.8 Å². The molecule has 0 radical (unpaired) electrons. The molecule has 4 rings (SSSR count). The normalized spacial score (nSPS) is 20.0. The van der Waals surface area contributed by atoms with Gasteiger partial charge in [-0.25, -0.2) is 0 Å². The molecule has 1 fully saturated rings. The first kappa shape index (κ1) is 20.3. The van der Waals surface area contributed by atoms with Gasteiger partial charge >= 0.3 is 0 Å². The maximum Gasteiger partial charge on any atom is 0.285 e. The number of carbonyl (C=O) groups is 1. The molecule has 7 nitrogen and oxygen atoms in total. The fourth-order valence-corrected chi connectivity index (χ4v) is 4.51. The molecule has 2 aliphatic heterocycles. The first-order chi connectivity index (χ1) is 13.0. The molecule has 28 heavy (non-hydrogen) atoms. The van der Waals surface area contributed by atoms with Gasteiger partial charge in [-0.05, 0) is 43.3 Å². The summed E-state index contributed by atoms with van der Waals surface area (Å²) in [6.45, 7) is 4.30. The van der Waals surface area contributed by atoms with Gasteiger partial charge in [-0.15, -0.1) is 16.8 Å². The van der Waals surface area contributed by atoms with Gasteiger partial charge in [0, 0.05) is 42.5 Å². The molecule has 0 saturated carbocycles. The quantitative estimate of drug-likeness (QED) is 0.776. The molecule has 2 heterocycles. The third-order valence-electron chi connectivity index (χ3n) is 4.79. The Balaban J connectivity index is 0.00000225. The van der Waals surface area contributed by atoms with Crippen molar-refractivity contribution in [1.82, 2.24) is 10.2 Å². The predicted octanol–water partition coefficient (Wildman–Crippen LogP) is 2.10. The number of halogens is 1. The molecule has 1 atom stereocenters. The van der Waals surface area contributed by atoms with Crippen LogP contribution in [0.15, 0.2) is 57.8 Å². The summed E-state index contributed by atoms with van der Waals surface area (Å²) in [7, 11) is -3.66. The zero-order valence-corrected chi connectivity index (χ0v) is 16.9. The van der Waals surface area contributed by atoms with Gasteiger partial charge < -0.3 is 15.5 Å². The number of nitrogens with one attached hydrogen (secondary N) is 2. The molecule has 2 aromatic carbocycles. The largest absolute Gasteiger partial charge is 0.339 e.